The molecule has 0 saturated carbocycles. The van der Waals surface area contributed by atoms with Gasteiger partial charge in [0.15, 0.2) is 6.10 Å². The van der Waals surface area contributed by atoms with E-state index in [0.717, 1.165) is 0 Å². The fraction of sp³-hybridized carbons (Fsp3) is 0.0909. The Bertz CT molecular complexity index is 1010. The summed E-state index contributed by atoms with van der Waals surface area (Å²) in [5.41, 5.74) is 1.01. The number of hydrogen-bond donors (Lipinski definition) is 2. The van der Waals surface area contributed by atoms with E-state index >= 15 is 0 Å². The number of carbonyl (C=O) groups excluding carboxylic acids is 2. The Morgan fingerprint density at radius 1 is 0.966 bits per heavy atom. The molecule has 2 N–H and O–H groups in total. The topological polar surface area (TPSA) is 67.4 Å². The zero-order chi connectivity index (χ0) is 20.8. The molecule has 148 valence electrons. The van der Waals surface area contributed by atoms with Crippen molar-refractivity contribution < 1.29 is 18.7 Å². The molecule has 29 heavy (non-hydrogen) atoms. The molecule has 0 aromatic heterocycles. The zero-order valence-corrected chi connectivity index (χ0v) is 16.2. The van der Waals surface area contributed by atoms with Gasteiger partial charge in [0.25, 0.3) is 11.8 Å². The molecule has 0 radical (unpaired) electrons. The Morgan fingerprint density at radius 2 is 1.66 bits per heavy atom. The number of hydrogen-bond acceptors (Lipinski definition) is 3. The van der Waals surface area contributed by atoms with Gasteiger partial charge in [0.05, 0.1) is 10.7 Å². The van der Waals surface area contributed by atoms with E-state index in [1.54, 1.807) is 31.2 Å². The minimum absolute atomic E-state index is 0.281. The molecular weight excluding hydrogens is 395 g/mol. The Labute approximate surface area is 172 Å². The van der Waals surface area contributed by atoms with Gasteiger partial charge in [-0.05, 0) is 61.5 Å². The third-order valence-corrected chi connectivity index (χ3v) is 4.34. The average Bonchev–Trinajstić information content (AvgIpc) is 2.72. The minimum atomic E-state index is -0.773. The van der Waals surface area contributed by atoms with Crippen molar-refractivity contribution in [3.63, 3.8) is 0 Å². The number of benzene rings is 3. The van der Waals surface area contributed by atoms with E-state index in [4.69, 9.17) is 16.3 Å². The van der Waals surface area contributed by atoms with Crippen molar-refractivity contribution in [3.8, 4) is 5.75 Å². The maximum Gasteiger partial charge on any atom is 0.265 e. The van der Waals surface area contributed by atoms with Gasteiger partial charge in [-0.3, -0.25) is 9.59 Å². The van der Waals surface area contributed by atoms with E-state index in [1.165, 1.54) is 42.5 Å². The summed E-state index contributed by atoms with van der Waals surface area (Å²) >= 11 is 6.16. The van der Waals surface area contributed by atoms with Crippen molar-refractivity contribution in [3.05, 3.63) is 89.2 Å². The normalized spacial score (nSPS) is 11.4. The third kappa shape index (κ3) is 5.56. The quantitative estimate of drug-likeness (QED) is 0.589. The summed E-state index contributed by atoms with van der Waals surface area (Å²) in [5.74, 6) is -0.663. The molecule has 0 saturated heterocycles. The summed E-state index contributed by atoms with van der Waals surface area (Å²) < 4.78 is 18.6. The van der Waals surface area contributed by atoms with Crippen LogP contribution in [0.3, 0.4) is 0 Å². The Morgan fingerprint density at radius 3 is 2.34 bits per heavy atom. The second-order valence-corrected chi connectivity index (χ2v) is 6.63. The van der Waals surface area contributed by atoms with Gasteiger partial charge in [0.1, 0.15) is 11.6 Å². The van der Waals surface area contributed by atoms with Crippen LogP contribution in [0.1, 0.15) is 17.3 Å². The molecule has 0 aliphatic heterocycles. The number of nitrogens with one attached hydrogen (secondary N) is 2. The van der Waals surface area contributed by atoms with Crippen LogP contribution in [0.5, 0.6) is 5.75 Å². The lowest BCUT2D eigenvalue weighted by atomic mass is 10.1. The lowest BCUT2D eigenvalue weighted by Gasteiger charge is -2.16. The molecular formula is C22H18ClFN2O3. The van der Waals surface area contributed by atoms with Crippen LogP contribution in [0.4, 0.5) is 15.8 Å². The maximum atomic E-state index is 13.0. The first-order valence-electron chi connectivity index (χ1n) is 8.81. The Balaban J connectivity index is 1.68. The number of para-hydroxylation sites is 1. The van der Waals surface area contributed by atoms with Gasteiger partial charge >= 0.3 is 0 Å². The molecule has 0 unspecified atom stereocenters. The number of carbonyl (C=O) groups is 2. The summed E-state index contributed by atoms with van der Waals surface area (Å²) in [6.07, 6.45) is -0.773. The molecule has 3 aromatic carbocycles. The highest BCUT2D eigenvalue weighted by Gasteiger charge is 2.17. The fourth-order valence-electron chi connectivity index (χ4n) is 2.49. The molecule has 0 fully saturated rings. The Hall–Kier alpha value is -3.38. The largest absolute Gasteiger partial charge is 0.481 e. The highest BCUT2D eigenvalue weighted by molar-refractivity contribution is 6.34. The molecule has 5 nitrogen and oxygen atoms in total. The summed E-state index contributed by atoms with van der Waals surface area (Å²) in [6, 6.07) is 18.9. The highest BCUT2D eigenvalue weighted by Crippen LogP contribution is 2.24. The number of ether oxygens (including phenoxy) is 1. The van der Waals surface area contributed by atoms with Crippen LogP contribution < -0.4 is 15.4 Å². The molecule has 7 heteroatoms. The van der Waals surface area contributed by atoms with Crippen molar-refractivity contribution in [2.24, 2.45) is 0 Å². The van der Waals surface area contributed by atoms with E-state index in [-0.39, 0.29) is 16.3 Å². The van der Waals surface area contributed by atoms with E-state index in [9.17, 15) is 14.0 Å². The predicted molar refractivity (Wildman–Crippen MR) is 111 cm³/mol. The average molecular weight is 413 g/mol. The molecule has 0 heterocycles. The summed E-state index contributed by atoms with van der Waals surface area (Å²) in [4.78, 5) is 24.9. The first-order valence-corrected chi connectivity index (χ1v) is 9.19. The SMILES string of the molecule is C[C@H](Oc1ccccc1)C(=O)Nc1cc(C(=O)Nc2ccc(F)cc2)ccc1Cl. The molecule has 3 aromatic rings. The van der Waals surface area contributed by atoms with Crippen LogP contribution in [-0.4, -0.2) is 17.9 Å². The van der Waals surface area contributed by atoms with Crippen LogP contribution in [0.25, 0.3) is 0 Å². The fourth-order valence-corrected chi connectivity index (χ4v) is 2.65. The molecule has 0 bridgehead atoms. The summed E-state index contributed by atoms with van der Waals surface area (Å²) in [5, 5.41) is 5.61. The molecule has 0 aliphatic rings. The molecule has 0 aliphatic carbocycles. The van der Waals surface area contributed by atoms with Crippen LogP contribution in [0.2, 0.25) is 5.02 Å². The first kappa shape index (κ1) is 20.4. The standard InChI is InChI=1S/C22H18ClFN2O3/c1-14(29-18-5-3-2-4-6-18)21(27)26-20-13-15(7-12-19(20)23)22(28)25-17-10-8-16(24)9-11-17/h2-14H,1H3,(H,25,28)(H,26,27)/t14-/m0/s1. The monoisotopic (exact) mass is 412 g/mol. The number of anilines is 2. The highest BCUT2D eigenvalue weighted by atomic mass is 35.5. The van der Waals surface area contributed by atoms with Crippen molar-refractivity contribution in [1.29, 1.82) is 0 Å². The smallest absolute Gasteiger partial charge is 0.265 e. The predicted octanol–water partition coefficient (Wildman–Crippen LogP) is 5.14. The summed E-state index contributed by atoms with van der Waals surface area (Å²) in [6.45, 7) is 1.61. The lowest BCUT2D eigenvalue weighted by Crippen LogP contribution is -2.30. The van der Waals surface area contributed by atoms with Gasteiger partial charge < -0.3 is 15.4 Å². The van der Waals surface area contributed by atoms with Crippen LogP contribution in [0.15, 0.2) is 72.8 Å². The van der Waals surface area contributed by atoms with Crippen LogP contribution in [-0.2, 0) is 4.79 Å². The van der Waals surface area contributed by atoms with Crippen molar-refractivity contribution in [2.45, 2.75) is 13.0 Å². The van der Waals surface area contributed by atoms with Crippen molar-refractivity contribution in [2.75, 3.05) is 10.6 Å². The number of halogens is 2. The number of amides is 2. The maximum absolute atomic E-state index is 13.0. The Kier molecular flexibility index (Phi) is 6.46. The lowest BCUT2D eigenvalue weighted by molar-refractivity contribution is -0.122. The molecule has 0 spiro atoms. The third-order valence-electron chi connectivity index (χ3n) is 4.01. The van der Waals surface area contributed by atoms with Crippen molar-refractivity contribution in [1.82, 2.24) is 0 Å². The van der Waals surface area contributed by atoms with E-state index < -0.39 is 23.7 Å². The van der Waals surface area contributed by atoms with Gasteiger partial charge in [0, 0.05) is 11.3 Å². The minimum Gasteiger partial charge on any atom is -0.481 e. The number of rotatable bonds is 6. The van der Waals surface area contributed by atoms with Gasteiger partial charge in [-0.2, -0.15) is 0 Å². The molecule has 1 atom stereocenters. The second-order valence-electron chi connectivity index (χ2n) is 6.22. The summed E-state index contributed by atoms with van der Waals surface area (Å²) in [7, 11) is 0. The van der Waals surface area contributed by atoms with Gasteiger partial charge in [-0.1, -0.05) is 29.8 Å². The van der Waals surface area contributed by atoms with E-state index in [1.807, 2.05) is 6.07 Å². The van der Waals surface area contributed by atoms with Gasteiger partial charge in [0.2, 0.25) is 0 Å². The first-order chi connectivity index (χ1) is 13.9. The van der Waals surface area contributed by atoms with Gasteiger partial charge in [-0.15, -0.1) is 0 Å². The van der Waals surface area contributed by atoms with Crippen molar-refractivity contribution >= 4 is 34.8 Å². The van der Waals surface area contributed by atoms with Gasteiger partial charge in [-0.25, -0.2) is 4.39 Å². The van der Waals surface area contributed by atoms with Crippen LogP contribution >= 0.6 is 11.6 Å². The van der Waals surface area contributed by atoms with Crippen LogP contribution in [0, 0.1) is 5.82 Å². The molecule has 2 amide bonds. The van der Waals surface area contributed by atoms with E-state index in [0.29, 0.717) is 11.4 Å². The second kappa shape index (κ2) is 9.21. The molecule has 3 rings (SSSR count). The van der Waals surface area contributed by atoms with E-state index in [2.05, 4.69) is 10.6 Å². The zero-order valence-electron chi connectivity index (χ0n) is 15.5.